The standard InChI is InChI=1S/C24H41N3O6/c1-9-32-22(30)17(4)14-19(16(2)3)26(8)20(28)15-25-21(29)18-10-12-27(13-11-18)23(31)33-24(5,6)7/h14,16,18-19H,9-13,15H2,1-8H3,(H,25,29)/t19-/m1/s1. The van der Waals surface area contributed by atoms with Gasteiger partial charge in [-0.15, -0.1) is 0 Å². The number of esters is 1. The molecule has 1 heterocycles. The van der Waals surface area contributed by atoms with E-state index in [0.29, 0.717) is 31.5 Å². The molecule has 0 spiro atoms. The molecule has 0 saturated carbocycles. The number of piperidine rings is 1. The summed E-state index contributed by atoms with van der Waals surface area (Å²) < 4.78 is 10.4. The van der Waals surface area contributed by atoms with Crippen molar-refractivity contribution in [2.24, 2.45) is 11.8 Å². The lowest BCUT2D eigenvalue weighted by atomic mass is 9.96. The summed E-state index contributed by atoms with van der Waals surface area (Å²) in [5.41, 5.74) is -0.119. The summed E-state index contributed by atoms with van der Waals surface area (Å²) in [5.74, 6) is -1.04. The van der Waals surface area contributed by atoms with Gasteiger partial charge in [-0.25, -0.2) is 9.59 Å². The summed E-state index contributed by atoms with van der Waals surface area (Å²) in [5, 5.41) is 2.73. The van der Waals surface area contributed by atoms with Gasteiger partial charge in [0.2, 0.25) is 11.8 Å². The van der Waals surface area contributed by atoms with Crippen LogP contribution in [0.3, 0.4) is 0 Å². The van der Waals surface area contributed by atoms with E-state index in [2.05, 4.69) is 5.32 Å². The van der Waals surface area contributed by atoms with Crippen LogP contribution in [0.4, 0.5) is 4.79 Å². The molecular formula is C24H41N3O6. The Hall–Kier alpha value is -2.58. The van der Waals surface area contributed by atoms with E-state index in [1.54, 1.807) is 36.8 Å². The van der Waals surface area contributed by atoms with E-state index in [1.165, 1.54) is 0 Å². The smallest absolute Gasteiger partial charge is 0.410 e. The van der Waals surface area contributed by atoms with E-state index in [0.717, 1.165) is 0 Å². The third-order valence-corrected chi connectivity index (χ3v) is 5.47. The summed E-state index contributed by atoms with van der Waals surface area (Å²) in [4.78, 5) is 52.6. The number of amides is 3. The first-order valence-electron chi connectivity index (χ1n) is 11.6. The number of hydrogen-bond donors (Lipinski definition) is 1. The van der Waals surface area contributed by atoms with Crippen LogP contribution in [0.15, 0.2) is 11.6 Å². The second kappa shape index (κ2) is 12.6. The first-order valence-corrected chi connectivity index (χ1v) is 11.6. The Morgan fingerprint density at radius 1 is 1.15 bits per heavy atom. The van der Waals surface area contributed by atoms with Crippen LogP contribution in [-0.2, 0) is 23.9 Å². The van der Waals surface area contributed by atoms with Gasteiger partial charge in [0.15, 0.2) is 0 Å². The maximum atomic E-state index is 12.7. The predicted octanol–water partition coefficient (Wildman–Crippen LogP) is 2.74. The van der Waals surface area contributed by atoms with Gasteiger partial charge in [0.05, 0.1) is 19.2 Å². The number of carbonyl (C=O) groups is 4. The average molecular weight is 468 g/mol. The fourth-order valence-electron chi connectivity index (χ4n) is 3.57. The van der Waals surface area contributed by atoms with E-state index in [9.17, 15) is 19.2 Å². The molecule has 1 N–H and O–H groups in total. The van der Waals surface area contributed by atoms with Crippen molar-refractivity contribution in [3.8, 4) is 0 Å². The van der Waals surface area contributed by atoms with Crippen LogP contribution < -0.4 is 5.32 Å². The minimum atomic E-state index is -0.560. The van der Waals surface area contributed by atoms with Crippen LogP contribution in [0.1, 0.15) is 61.3 Å². The van der Waals surface area contributed by atoms with Gasteiger partial charge in [0.25, 0.3) is 0 Å². The highest BCUT2D eigenvalue weighted by atomic mass is 16.6. The van der Waals surface area contributed by atoms with Crippen LogP contribution in [0.25, 0.3) is 0 Å². The molecule has 0 unspecified atom stereocenters. The van der Waals surface area contributed by atoms with Gasteiger partial charge in [-0.1, -0.05) is 19.9 Å². The number of ether oxygens (including phenoxy) is 2. The van der Waals surface area contributed by atoms with Crippen molar-refractivity contribution in [3.63, 3.8) is 0 Å². The molecular weight excluding hydrogens is 426 g/mol. The first kappa shape index (κ1) is 28.5. The average Bonchev–Trinajstić information content (AvgIpc) is 2.73. The quantitative estimate of drug-likeness (QED) is 0.435. The van der Waals surface area contributed by atoms with Gasteiger partial charge < -0.3 is 24.6 Å². The van der Waals surface area contributed by atoms with Gasteiger partial charge in [0, 0.05) is 31.6 Å². The fraction of sp³-hybridized carbons (Fsp3) is 0.750. The molecule has 1 saturated heterocycles. The Balaban J connectivity index is 2.60. The van der Waals surface area contributed by atoms with Crippen molar-refractivity contribution in [2.75, 3.05) is 33.3 Å². The van der Waals surface area contributed by atoms with Gasteiger partial charge in [0.1, 0.15) is 5.60 Å². The summed E-state index contributed by atoms with van der Waals surface area (Å²) in [6.07, 6.45) is 2.40. The normalized spacial score (nSPS) is 16.3. The lowest BCUT2D eigenvalue weighted by Crippen LogP contribution is -2.48. The Morgan fingerprint density at radius 3 is 2.21 bits per heavy atom. The maximum absolute atomic E-state index is 12.7. The Kier molecular flexibility index (Phi) is 10.9. The van der Waals surface area contributed by atoms with Crippen LogP contribution in [0, 0.1) is 11.8 Å². The molecule has 1 rings (SSSR count). The van der Waals surface area contributed by atoms with E-state index in [1.807, 2.05) is 34.6 Å². The highest BCUT2D eigenvalue weighted by Gasteiger charge is 2.30. The number of rotatable bonds is 8. The molecule has 0 bridgehead atoms. The van der Waals surface area contributed by atoms with Crippen LogP contribution in [-0.4, -0.2) is 78.6 Å². The van der Waals surface area contributed by atoms with Crippen molar-refractivity contribution in [1.82, 2.24) is 15.1 Å². The van der Waals surface area contributed by atoms with Crippen molar-refractivity contribution in [1.29, 1.82) is 0 Å². The van der Waals surface area contributed by atoms with Gasteiger partial charge in [-0.2, -0.15) is 0 Å². The highest BCUT2D eigenvalue weighted by molar-refractivity contribution is 5.88. The molecule has 0 radical (unpaired) electrons. The predicted molar refractivity (Wildman–Crippen MR) is 125 cm³/mol. The molecule has 188 valence electrons. The molecule has 0 aromatic rings. The van der Waals surface area contributed by atoms with Crippen molar-refractivity contribution in [3.05, 3.63) is 11.6 Å². The molecule has 33 heavy (non-hydrogen) atoms. The minimum Gasteiger partial charge on any atom is -0.463 e. The minimum absolute atomic E-state index is 0.0659. The molecule has 9 nitrogen and oxygen atoms in total. The molecule has 0 aromatic carbocycles. The topological polar surface area (TPSA) is 105 Å². The third-order valence-electron chi connectivity index (χ3n) is 5.47. The van der Waals surface area contributed by atoms with Gasteiger partial charge >= 0.3 is 12.1 Å². The third kappa shape index (κ3) is 9.43. The monoisotopic (exact) mass is 467 g/mol. The largest absolute Gasteiger partial charge is 0.463 e. The molecule has 1 atom stereocenters. The molecule has 3 amide bonds. The fourth-order valence-corrected chi connectivity index (χ4v) is 3.57. The summed E-state index contributed by atoms with van der Waals surface area (Å²) in [6, 6.07) is -0.309. The summed E-state index contributed by atoms with van der Waals surface area (Å²) in [6.45, 7) is 13.8. The lowest BCUT2D eigenvalue weighted by Gasteiger charge is -2.33. The number of carbonyl (C=O) groups excluding carboxylic acids is 4. The number of likely N-dealkylation sites (tertiary alicyclic amines) is 1. The zero-order valence-electron chi connectivity index (χ0n) is 21.4. The zero-order chi connectivity index (χ0) is 25.3. The second-order valence-electron chi connectivity index (χ2n) is 9.77. The summed E-state index contributed by atoms with van der Waals surface area (Å²) in [7, 11) is 1.66. The van der Waals surface area contributed by atoms with E-state index < -0.39 is 11.6 Å². The molecule has 1 aliphatic rings. The van der Waals surface area contributed by atoms with Crippen molar-refractivity contribution < 1.29 is 28.7 Å². The summed E-state index contributed by atoms with van der Waals surface area (Å²) >= 11 is 0. The lowest BCUT2D eigenvalue weighted by molar-refractivity contribution is -0.138. The van der Waals surface area contributed by atoms with Crippen LogP contribution in [0.2, 0.25) is 0 Å². The van der Waals surface area contributed by atoms with Crippen LogP contribution >= 0.6 is 0 Å². The number of nitrogens with zero attached hydrogens (tertiary/aromatic N) is 2. The number of hydrogen-bond acceptors (Lipinski definition) is 6. The first-order chi connectivity index (χ1) is 15.3. The highest BCUT2D eigenvalue weighted by Crippen LogP contribution is 2.20. The van der Waals surface area contributed by atoms with Crippen molar-refractivity contribution >= 4 is 23.9 Å². The molecule has 9 heteroatoms. The Morgan fingerprint density at radius 2 is 1.73 bits per heavy atom. The van der Waals surface area contributed by atoms with Crippen molar-refractivity contribution in [2.45, 2.75) is 73.0 Å². The Labute approximate surface area is 197 Å². The zero-order valence-corrected chi connectivity index (χ0v) is 21.4. The molecule has 0 aliphatic carbocycles. The number of nitrogens with one attached hydrogen (secondary N) is 1. The Bertz CT molecular complexity index is 733. The molecule has 0 aromatic heterocycles. The molecule has 1 fully saturated rings. The SMILES string of the molecule is CCOC(=O)C(C)=C[C@H](C(C)C)N(C)C(=O)CNC(=O)C1CCN(C(=O)OC(C)(C)C)CC1. The van der Waals surface area contributed by atoms with Crippen LogP contribution in [0.5, 0.6) is 0 Å². The van der Waals surface area contributed by atoms with Gasteiger partial charge in [-0.05, 0) is 53.4 Å². The molecule has 1 aliphatic heterocycles. The second-order valence-corrected chi connectivity index (χ2v) is 9.77. The van der Waals surface area contributed by atoms with E-state index in [-0.39, 0.29) is 48.9 Å². The maximum Gasteiger partial charge on any atom is 0.410 e. The van der Waals surface area contributed by atoms with E-state index in [4.69, 9.17) is 9.47 Å². The van der Waals surface area contributed by atoms with Gasteiger partial charge in [-0.3, -0.25) is 9.59 Å². The number of likely N-dealkylation sites (N-methyl/N-ethyl adjacent to an activating group) is 1. The van der Waals surface area contributed by atoms with E-state index >= 15 is 0 Å².